The molecule has 0 aliphatic carbocycles. The highest BCUT2D eigenvalue weighted by atomic mass is 16.6. The third-order valence-electron chi connectivity index (χ3n) is 2.76. The van der Waals surface area contributed by atoms with Crippen LogP contribution in [0.25, 0.3) is 0 Å². The summed E-state index contributed by atoms with van der Waals surface area (Å²) < 4.78 is 5.59. The van der Waals surface area contributed by atoms with Gasteiger partial charge in [0.1, 0.15) is 0 Å². The van der Waals surface area contributed by atoms with Crippen LogP contribution in [-0.4, -0.2) is 14.9 Å². The number of benzene rings is 1. The molecule has 3 N–H and O–H groups in total. The standard InChI is InChI=1S/C13H15N5O3/c1-7-4-8(2)12(10(5-7)18(19)20)21-11-6-9(3)15-13(16-11)17-14/h4-6H,14H2,1-3H3,(H,15,16,17). The lowest BCUT2D eigenvalue weighted by Gasteiger charge is -2.10. The molecule has 0 saturated heterocycles. The molecule has 1 aromatic heterocycles. The first-order valence-electron chi connectivity index (χ1n) is 6.16. The van der Waals surface area contributed by atoms with Crippen molar-refractivity contribution in [3.63, 3.8) is 0 Å². The number of nitrogens with one attached hydrogen (secondary N) is 1. The Balaban J connectivity index is 2.48. The third kappa shape index (κ3) is 3.23. The lowest BCUT2D eigenvalue weighted by atomic mass is 10.1. The zero-order valence-electron chi connectivity index (χ0n) is 11.9. The molecule has 0 aliphatic rings. The fourth-order valence-electron chi connectivity index (χ4n) is 1.96. The van der Waals surface area contributed by atoms with Crippen LogP contribution >= 0.6 is 0 Å². The van der Waals surface area contributed by atoms with E-state index in [0.717, 1.165) is 5.56 Å². The van der Waals surface area contributed by atoms with Gasteiger partial charge in [-0.15, -0.1) is 0 Å². The van der Waals surface area contributed by atoms with Crippen molar-refractivity contribution in [2.24, 2.45) is 5.84 Å². The first-order chi connectivity index (χ1) is 9.90. The molecular weight excluding hydrogens is 274 g/mol. The molecule has 1 aromatic carbocycles. The van der Waals surface area contributed by atoms with Gasteiger partial charge in [-0.3, -0.25) is 15.5 Å². The van der Waals surface area contributed by atoms with E-state index < -0.39 is 4.92 Å². The van der Waals surface area contributed by atoms with Gasteiger partial charge in [-0.05, 0) is 31.9 Å². The summed E-state index contributed by atoms with van der Waals surface area (Å²) in [5.41, 5.74) is 4.28. The fraction of sp³-hybridized carbons (Fsp3) is 0.231. The summed E-state index contributed by atoms with van der Waals surface area (Å²) in [5.74, 6) is 5.79. The Morgan fingerprint density at radius 1 is 1.24 bits per heavy atom. The van der Waals surface area contributed by atoms with Gasteiger partial charge in [0.25, 0.3) is 0 Å². The number of nitro groups is 1. The van der Waals surface area contributed by atoms with E-state index in [2.05, 4.69) is 15.4 Å². The van der Waals surface area contributed by atoms with Crippen molar-refractivity contribution in [2.75, 3.05) is 5.43 Å². The smallest absolute Gasteiger partial charge is 0.312 e. The Bertz CT molecular complexity index is 702. The van der Waals surface area contributed by atoms with Crippen LogP contribution in [0.1, 0.15) is 16.8 Å². The summed E-state index contributed by atoms with van der Waals surface area (Å²) in [6.07, 6.45) is 0. The highest BCUT2D eigenvalue weighted by molar-refractivity contribution is 5.55. The molecule has 0 spiro atoms. The summed E-state index contributed by atoms with van der Waals surface area (Å²) in [6.45, 7) is 5.27. The van der Waals surface area contributed by atoms with Crippen molar-refractivity contribution in [2.45, 2.75) is 20.8 Å². The van der Waals surface area contributed by atoms with Crippen molar-refractivity contribution >= 4 is 11.6 Å². The van der Waals surface area contributed by atoms with Crippen LogP contribution in [0.4, 0.5) is 11.6 Å². The molecule has 0 bridgehead atoms. The van der Waals surface area contributed by atoms with Gasteiger partial charge in [-0.1, -0.05) is 6.07 Å². The quantitative estimate of drug-likeness (QED) is 0.504. The first-order valence-corrected chi connectivity index (χ1v) is 6.16. The summed E-state index contributed by atoms with van der Waals surface area (Å²) in [7, 11) is 0. The van der Waals surface area contributed by atoms with E-state index in [-0.39, 0.29) is 23.3 Å². The molecule has 8 nitrogen and oxygen atoms in total. The number of hydrogen-bond acceptors (Lipinski definition) is 7. The molecular formula is C13H15N5O3. The lowest BCUT2D eigenvalue weighted by Crippen LogP contribution is -2.11. The van der Waals surface area contributed by atoms with Crippen LogP contribution in [0.15, 0.2) is 18.2 Å². The van der Waals surface area contributed by atoms with Crippen molar-refractivity contribution < 1.29 is 9.66 Å². The average Bonchev–Trinajstić information content (AvgIpc) is 2.40. The number of nitro benzene ring substituents is 1. The number of nitrogen functional groups attached to an aromatic ring is 1. The van der Waals surface area contributed by atoms with E-state index in [0.29, 0.717) is 11.3 Å². The van der Waals surface area contributed by atoms with Crippen LogP contribution in [0, 0.1) is 30.9 Å². The molecule has 110 valence electrons. The van der Waals surface area contributed by atoms with Gasteiger partial charge in [0.2, 0.25) is 17.6 Å². The maximum absolute atomic E-state index is 11.2. The summed E-state index contributed by atoms with van der Waals surface area (Å²) in [6, 6.07) is 4.83. The second-order valence-electron chi connectivity index (χ2n) is 4.60. The van der Waals surface area contributed by atoms with Crippen molar-refractivity contribution in [3.05, 3.63) is 45.1 Å². The normalized spacial score (nSPS) is 10.3. The number of nitrogens with zero attached hydrogens (tertiary/aromatic N) is 3. The van der Waals surface area contributed by atoms with Gasteiger partial charge in [0.15, 0.2) is 0 Å². The highest BCUT2D eigenvalue weighted by Crippen LogP contribution is 2.35. The largest absolute Gasteiger partial charge is 0.431 e. The molecule has 1 heterocycles. The predicted molar refractivity (Wildman–Crippen MR) is 77.2 cm³/mol. The highest BCUT2D eigenvalue weighted by Gasteiger charge is 2.20. The zero-order valence-corrected chi connectivity index (χ0v) is 11.9. The van der Waals surface area contributed by atoms with Gasteiger partial charge in [-0.25, -0.2) is 10.8 Å². The van der Waals surface area contributed by atoms with Crippen molar-refractivity contribution in [1.82, 2.24) is 9.97 Å². The zero-order chi connectivity index (χ0) is 15.6. The van der Waals surface area contributed by atoms with Crippen molar-refractivity contribution in [1.29, 1.82) is 0 Å². The van der Waals surface area contributed by atoms with Gasteiger partial charge in [0.05, 0.1) is 4.92 Å². The molecule has 2 aromatic rings. The Morgan fingerprint density at radius 2 is 1.95 bits per heavy atom. The van der Waals surface area contributed by atoms with Crippen molar-refractivity contribution in [3.8, 4) is 11.6 Å². The minimum absolute atomic E-state index is 0.106. The maximum Gasteiger partial charge on any atom is 0.312 e. The minimum Gasteiger partial charge on any atom is -0.431 e. The van der Waals surface area contributed by atoms with Crippen LogP contribution in [-0.2, 0) is 0 Å². The molecule has 0 saturated carbocycles. The Morgan fingerprint density at radius 3 is 2.57 bits per heavy atom. The molecule has 0 fully saturated rings. The second kappa shape index (κ2) is 5.71. The third-order valence-corrected chi connectivity index (χ3v) is 2.76. The number of aryl methyl sites for hydroxylation is 3. The van der Waals surface area contributed by atoms with Crippen LogP contribution < -0.4 is 16.0 Å². The fourth-order valence-corrected chi connectivity index (χ4v) is 1.96. The Hall–Kier alpha value is -2.74. The maximum atomic E-state index is 11.2. The van der Waals surface area contributed by atoms with Crippen LogP contribution in [0.2, 0.25) is 0 Å². The topological polar surface area (TPSA) is 116 Å². The molecule has 0 atom stereocenters. The minimum atomic E-state index is -0.481. The summed E-state index contributed by atoms with van der Waals surface area (Å²) in [5, 5.41) is 11.2. The van der Waals surface area contributed by atoms with E-state index in [1.165, 1.54) is 6.07 Å². The van der Waals surface area contributed by atoms with E-state index in [9.17, 15) is 10.1 Å². The van der Waals surface area contributed by atoms with Gasteiger partial charge in [0, 0.05) is 17.8 Å². The molecule has 21 heavy (non-hydrogen) atoms. The number of aromatic nitrogens is 2. The molecule has 0 unspecified atom stereocenters. The predicted octanol–water partition coefficient (Wildman–Crippen LogP) is 2.39. The number of ether oxygens (including phenoxy) is 1. The first kappa shape index (κ1) is 14.7. The number of rotatable bonds is 4. The molecule has 0 aliphatic heterocycles. The molecule has 0 radical (unpaired) electrons. The van der Waals surface area contributed by atoms with Crippen LogP contribution in [0.3, 0.4) is 0 Å². The summed E-state index contributed by atoms with van der Waals surface area (Å²) >= 11 is 0. The molecule has 8 heteroatoms. The number of hydrazine groups is 1. The SMILES string of the molecule is Cc1cc(C)c(Oc2cc(C)nc(NN)n2)c([N+](=O)[O-])c1. The number of nitrogens with two attached hydrogens (primary N) is 1. The van der Waals surface area contributed by atoms with E-state index >= 15 is 0 Å². The van der Waals surface area contributed by atoms with E-state index in [1.54, 1.807) is 32.9 Å². The number of hydrogen-bond donors (Lipinski definition) is 2. The monoisotopic (exact) mass is 289 g/mol. The van der Waals surface area contributed by atoms with Gasteiger partial charge >= 0.3 is 5.69 Å². The summed E-state index contributed by atoms with van der Waals surface area (Å²) in [4.78, 5) is 18.7. The van der Waals surface area contributed by atoms with Crippen LogP contribution in [0.5, 0.6) is 11.6 Å². The average molecular weight is 289 g/mol. The lowest BCUT2D eigenvalue weighted by molar-refractivity contribution is -0.385. The van der Waals surface area contributed by atoms with Gasteiger partial charge in [-0.2, -0.15) is 4.98 Å². The second-order valence-corrected chi connectivity index (χ2v) is 4.60. The van der Waals surface area contributed by atoms with E-state index in [4.69, 9.17) is 10.6 Å². The number of anilines is 1. The molecule has 0 amide bonds. The van der Waals surface area contributed by atoms with Gasteiger partial charge < -0.3 is 4.74 Å². The van der Waals surface area contributed by atoms with E-state index in [1.807, 2.05) is 0 Å². The Kier molecular flexibility index (Phi) is 3.99. The Labute approximate surface area is 121 Å². The molecule has 2 rings (SSSR count).